The molecule has 0 unspecified atom stereocenters. The molecule has 0 saturated carbocycles. The zero-order valence-corrected chi connectivity index (χ0v) is 16.1. The summed E-state index contributed by atoms with van der Waals surface area (Å²) in [5, 5.41) is 3.56. The second kappa shape index (κ2) is 7.29. The number of carbonyl (C=O) groups is 2. The molecule has 7 heteroatoms. The highest BCUT2D eigenvalue weighted by atomic mass is 127. The fraction of sp³-hybridized carbons (Fsp3) is 0.176. The molecular weight excluding hydrogens is 462 g/mol. The first-order valence-corrected chi connectivity index (χ1v) is 9.10. The van der Waals surface area contributed by atoms with Gasteiger partial charge in [0.1, 0.15) is 0 Å². The lowest BCUT2D eigenvalue weighted by Crippen LogP contribution is -2.28. The molecule has 1 saturated heterocycles. The standard InChI is InChI=1S/C17H13Cl2IN2O2/c18-13-2-1-3-14(16(13)19)22-9-10(8-15(22)23)17(24)21-12-6-4-11(20)5-7-12/h1-7,10H,8-9H2,(H,21,24)/t10-/m0/s1. The zero-order chi connectivity index (χ0) is 17.3. The van der Waals surface area contributed by atoms with E-state index in [9.17, 15) is 9.59 Å². The van der Waals surface area contributed by atoms with Crippen molar-refractivity contribution in [2.24, 2.45) is 5.92 Å². The Labute approximate surface area is 163 Å². The van der Waals surface area contributed by atoms with Crippen molar-refractivity contribution in [1.82, 2.24) is 0 Å². The van der Waals surface area contributed by atoms with E-state index < -0.39 is 5.92 Å². The number of carbonyl (C=O) groups excluding carboxylic acids is 2. The summed E-state index contributed by atoms with van der Waals surface area (Å²) in [6.07, 6.45) is 0.152. The molecule has 1 fully saturated rings. The van der Waals surface area contributed by atoms with E-state index in [0.29, 0.717) is 21.4 Å². The number of hydrogen-bond acceptors (Lipinski definition) is 2. The van der Waals surface area contributed by atoms with Gasteiger partial charge in [0.25, 0.3) is 0 Å². The SMILES string of the molecule is O=C(Nc1ccc(I)cc1)[C@H]1CC(=O)N(c2cccc(Cl)c2Cl)C1. The Bertz CT molecular complexity index is 796. The van der Waals surface area contributed by atoms with Gasteiger partial charge in [0.05, 0.1) is 21.7 Å². The summed E-state index contributed by atoms with van der Waals surface area (Å²) >= 11 is 14.4. The minimum Gasteiger partial charge on any atom is -0.326 e. The molecule has 2 aromatic carbocycles. The summed E-state index contributed by atoms with van der Waals surface area (Å²) in [6, 6.07) is 12.6. The molecule has 1 aliphatic heterocycles. The summed E-state index contributed by atoms with van der Waals surface area (Å²) in [7, 11) is 0. The number of halogens is 3. The molecule has 1 aliphatic rings. The van der Waals surface area contributed by atoms with Crippen molar-refractivity contribution in [2.75, 3.05) is 16.8 Å². The van der Waals surface area contributed by atoms with Crippen molar-refractivity contribution >= 4 is 69.0 Å². The zero-order valence-electron chi connectivity index (χ0n) is 12.4. The highest BCUT2D eigenvalue weighted by Gasteiger charge is 2.36. The highest BCUT2D eigenvalue weighted by molar-refractivity contribution is 14.1. The lowest BCUT2D eigenvalue weighted by atomic mass is 10.1. The number of rotatable bonds is 3. The minimum absolute atomic E-state index is 0.137. The maximum absolute atomic E-state index is 12.4. The van der Waals surface area contributed by atoms with Crippen LogP contribution in [0.1, 0.15) is 6.42 Å². The fourth-order valence-corrected chi connectivity index (χ4v) is 3.35. The van der Waals surface area contributed by atoms with Gasteiger partial charge in [-0.3, -0.25) is 9.59 Å². The van der Waals surface area contributed by atoms with Crippen molar-refractivity contribution in [3.05, 3.63) is 56.1 Å². The van der Waals surface area contributed by atoms with Crippen molar-refractivity contribution in [3.8, 4) is 0 Å². The van der Waals surface area contributed by atoms with E-state index in [1.165, 1.54) is 4.90 Å². The van der Waals surface area contributed by atoms with Crippen molar-refractivity contribution in [2.45, 2.75) is 6.42 Å². The molecule has 0 bridgehead atoms. The summed E-state index contributed by atoms with van der Waals surface area (Å²) in [4.78, 5) is 26.2. The first-order valence-electron chi connectivity index (χ1n) is 7.26. The maximum atomic E-state index is 12.4. The molecule has 3 rings (SSSR count). The van der Waals surface area contributed by atoms with Gasteiger partial charge in [-0.2, -0.15) is 0 Å². The third-order valence-corrected chi connectivity index (χ3v) is 5.36. The van der Waals surface area contributed by atoms with Crippen LogP contribution < -0.4 is 10.2 Å². The molecule has 24 heavy (non-hydrogen) atoms. The van der Waals surface area contributed by atoms with Crippen LogP contribution >= 0.6 is 45.8 Å². The lowest BCUT2D eigenvalue weighted by molar-refractivity contribution is -0.122. The van der Waals surface area contributed by atoms with Crippen molar-refractivity contribution < 1.29 is 9.59 Å². The molecule has 1 atom stereocenters. The predicted octanol–water partition coefficient (Wildman–Crippen LogP) is 4.59. The van der Waals surface area contributed by atoms with Gasteiger partial charge >= 0.3 is 0 Å². The van der Waals surface area contributed by atoms with Gasteiger partial charge in [-0.05, 0) is 59.0 Å². The molecular formula is C17H13Cl2IN2O2. The van der Waals surface area contributed by atoms with Crippen LogP contribution in [0.4, 0.5) is 11.4 Å². The molecule has 1 heterocycles. The number of hydrogen-bond donors (Lipinski definition) is 1. The van der Waals surface area contributed by atoms with Crippen LogP contribution in [0.5, 0.6) is 0 Å². The molecule has 4 nitrogen and oxygen atoms in total. The Hall–Kier alpha value is -1.31. The summed E-state index contributed by atoms with van der Waals surface area (Å²) < 4.78 is 1.09. The van der Waals surface area contributed by atoms with Gasteiger partial charge in [-0.25, -0.2) is 0 Å². The van der Waals surface area contributed by atoms with Gasteiger partial charge in [0.15, 0.2) is 0 Å². The van der Waals surface area contributed by atoms with E-state index in [4.69, 9.17) is 23.2 Å². The monoisotopic (exact) mass is 474 g/mol. The second-order valence-corrected chi connectivity index (χ2v) is 7.51. The number of anilines is 2. The van der Waals surface area contributed by atoms with E-state index in [1.54, 1.807) is 18.2 Å². The van der Waals surface area contributed by atoms with E-state index in [1.807, 2.05) is 24.3 Å². The number of nitrogens with zero attached hydrogens (tertiary/aromatic N) is 1. The topological polar surface area (TPSA) is 49.4 Å². The van der Waals surface area contributed by atoms with E-state index in [2.05, 4.69) is 27.9 Å². The number of amides is 2. The van der Waals surface area contributed by atoms with Crippen LogP contribution in [0.15, 0.2) is 42.5 Å². The van der Waals surface area contributed by atoms with E-state index >= 15 is 0 Å². The van der Waals surface area contributed by atoms with Crippen molar-refractivity contribution in [1.29, 1.82) is 0 Å². The Balaban J connectivity index is 1.73. The molecule has 0 aromatic heterocycles. The van der Waals surface area contributed by atoms with E-state index in [0.717, 1.165) is 3.57 Å². The molecule has 2 amide bonds. The third-order valence-electron chi connectivity index (χ3n) is 3.83. The first kappa shape index (κ1) is 17.5. The van der Waals surface area contributed by atoms with Crippen LogP contribution in [0, 0.1) is 9.49 Å². The van der Waals surface area contributed by atoms with Crippen LogP contribution in [-0.2, 0) is 9.59 Å². The smallest absolute Gasteiger partial charge is 0.229 e. The Morgan fingerprint density at radius 3 is 2.58 bits per heavy atom. The maximum Gasteiger partial charge on any atom is 0.229 e. The minimum atomic E-state index is -0.424. The van der Waals surface area contributed by atoms with Gasteiger partial charge in [-0.15, -0.1) is 0 Å². The predicted molar refractivity (Wildman–Crippen MR) is 105 cm³/mol. The average Bonchev–Trinajstić information content (AvgIpc) is 2.94. The number of nitrogens with one attached hydrogen (secondary N) is 1. The molecule has 0 radical (unpaired) electrons. The summed E-state index contributed by atoms with van der Waals surface area (Å²) in [6.45, 7) is 0.287. The fourth-order valence-electron chi connectivity index (χ4n) is 2.59. The Morgan fingerprint density at radius 1 is 1.17 bits per heavy atom. The first-order chi connectivity index (χ1) is 11.5. The lowest BCUT2D eigenvalue weighted by Gasteiger charge is -2.18. The normalized spacial score (nSPS) is 17.2. The van der Waals surface area contributed by atoms with E-state index in [-0.39, 0.29) is 24.8 Å². The summed E-state index contributed by atoms with van der Waals surface area (Å²) in [5.74, 6) is -0.737. The van der Waals surface area contributed by atoms with Crippen LogP contribution in [0.2, 0.25) is 10.0 Å². The molecule has 0 spiro atoms. The van der Waals surface area contributed by atoms with Gasteiger partial charge in [0, 0.05) is 22.2 Å². The molecule has 124 valence electrons. The van der Waals surface area contributed by atoms with Gasteiger partial charge < -0.3 is 10.2 Å². The largest absolute Gasteiger partial charge is 0.326 e. The van der Waals surface area contributed by atoms with Crippen LogP contribution in [0.25, 0.3) is 0 Å². The Morgan fingerprint density at radius 2 is 1.88 bits per heavy atom. The highest BCUT2D eigenvalue weighted by Crippen LogP contribution is 2.35. The Kier molecular flexibility index (Phi) is 5.32. The molecule has 2 aromatic rings. The quantitative estimate of drug-likeness (QED) is 0.661. The average molecular weight is 475 g/mol. The van der Waals surface area contributed by atoms with Crippen LogP contribution in [0.3, 0.4) is 0 Å². The second-order valence-electron chi connectivity index (χ2n) is 5.47. The number of benzene rings is 2. The van der Waals surface area contributed by atoms with Gasteiger partial charge in [0.2, 0.25) is 11.8 Å². The molecule has 1 N–H and O–H groups in total. The third kappa shape index (κ3) is 3.68. The molecule has 0 aliphatic carbocycles. The van der Waals surface area contributed by atoms with Gasteiger partial charge in [-0.1, -0.05) is 29.3 Å². The summed E-state index contributed by atoms with van der Waals surface area (Å²) in [5.41, 5.74) is 1.26. The van der Waals surface area contributed by atoms with Crippen molar-refractivity contribution in [3.63, 3.8) is 0 Å². The van der Waals surface area contributed by atoms with Crippen LogP contribution in [-0.4, -0.2) is 18.4 Å².